The van der Waals surface area contributed by atoms with Crippen molar-refractivity contribution in [3.63, 3.8) is 0 Å². The van der Waals surface area contributed by atoms with Gasteiger partial charge in [-0.3, -0.25) is 13.7 Å². The fraction of sp³-hybridized carbons (Fsp3) is 0.500. The van der Waals surface area contributed by atoms with E-state index in [4.69, 9.17) is 0 Å². The van der Waals surface area contributed by atoms with Gasteiger partial charge in [0.15, 0.2) is 0 Å². The highest BCUT2D eigenvalue weighted by molar-refractivity contribution is 7.92. The monoisotopic (exact) mass is 346 g/mol. The molecule has 0 aliphatic carbocycles. The van der Waals surface area contributed by atoms with Gasteiger partial charge >= 0.3 is 0 Å². The van der Waals surface area contributed by atoms with Gasteiger partial charge in [0.25, 0.3) is 5.91 Å². The molecule has 2 N–H and O–H groups in total. The number of carbonyl (C=O) groups is 1. The molecule has 0 bridgehead atoms. The molecule has 124 valence electrons. The Hall–Kier alpha value is -1.41. The summed E-state index contributed by atoms with van der Waals surface area (Å²) in [6.07, 6.45) is 1.02. The summed E-state index contributed by atoms with van der Waals surface area (Å²) in [5.41, 5.74) is 0.453. The topological polar surface area (TPSA) is 92.3 Å². The Morgan fingerprint density at radius 3 is 2.36 bits per heavy atom. The summed E-state index contributed by atoms with van der Waals surface area (Å²) in [7, 11) is -4.52. The molecule has 6 nitrogen and oxygen atoms in total. The van der Waals surface area contributed by atoms with Crippen LogP contribution in [0.2, 0.25) is 0 Å². The lowest BCUT2D eigenvalue weighted by Gasteiger charge is -2.18. The quantitative estimate of drug-likeness (QED) is 0.813. The fourth-order valence-electron chi connectivity index (χ4n) is 1.63. The highest BCUT2D eigenvalue weighted by atomic mass is 32.2. The first-order valence-electron chi connectivity index (χ1n) is 6.74. The van der Waals surface area contributed by atoms with Crippen molar-refractivity contribution >= 4 is 32.4 Å². The minimum absolute atomic E-state index is 0.222. The Balaban J connectivity index is 2.73. The Labute approximate surface area is 134 Å². The predicted molar refractivity (Wildman–Crippen MR) is 90.0 cm³/mol. The number of anilines is 1. The van der Waals surface area contributed by atoms with Crippen LogP contribution >= 0.6 is 0 Å². The molecule has 0 aromatic heterocycles. The zero-order chi connectivity index (χ0) is 17.0. The summed E-state index contributed by atoms with van der Waals surface area (Å²) in [4.78, 5) is 12.1. The van der Waals surface area contributed by atoms with Crippen molar-refractivity contribution in [3.05, 3.63) is 29.8 Å². The average Bonchev–Trinajstić information content (AvgIpc) is 2.36. The van der Waals surface area contributed by atoms with Gasteiger partial charge in [0, 0.05) is 27.8 Å². The molecule has 0 heterocycles. The Morgan fingerprint density at radius 2 is 1.82 bits per heavy atom. The van der Waals surface area contributed by atoms with Crippen molar-refractivity contribution in [1.29, 1.82) is 0 Å². The first kappa shape index (κ1) is 18.6. The van der Waals surface area contributed by atoms with E-state index >= 15 is 0 Å². The number of amides is 1. The number of benzene rings is 1. The van der Waals surface area contributed by atoms with Crippen LogP contribution in [0, 0.1) is 0 Å². The molecule has 0 aliphatic rings. The van der Waals surface area contributed by atoms with Crippen LogP contribution < -0.4 is 10.0 Å². The largest absolute Gasteiger partial charge is 0.351 e. The number of nitrogens with one attached hydrogen (secondary N) is 2. The number of para-hydroxylation sites is 1. The van der Waals surface area contributed by atoms with E-state index < -0.39 is 26.7 Å². The van der Waals surface area contributed by atoms with E-state index in [9.17, 15) is 17.4 Å². The third-order valence-electron chi connectivity index (χ3n) is 2.72. The Kier molecular flexibility index (Phi) is 6.13. The van der Waals surface area contributed by atoms with E-state index in [0.29, 0.717) is 5.75 Å². The van der Waals surface area contributed by atoms with E-state index in [1.807, 2.05) is 20.8 Å². The molecular formula is C14H22N2O4S2. The fourth-order valence-corrected chi connectivity index (χ4v) is 3.11. The second kappa shape index (κ2) is 7.23. The van der Waals surface area contributed by atoms with E-state index in [1.165, 1.54) is 12.1 Å². The summed E-state index contributed by atoms with van der Waals surface area (Å²) in [5, 5.41) is 2.66. The first-order valence-corrected chi connectivity index (χ1v) is 9.95. The third-order valence-corrected chi connectivity index (χ3v) is 5.25. The van der Waals surface area contributed by atoms with Crippen LogP contribution in [-0.4, -0.2) is 41.8 Å². The van der Waals surface area contributed by atoms with E-state index in [2.05, 4.69) is 10.0 Å². The van der Waals surface area contributed by atoms with Gasteiger partial charge < -0.3 is 5.32 Å². The predicted octanol–water partition coefficient (Wildman–Crippen LogP) is 1.34. The number of hydrogen-bond donors (Lipinski definition) is 2. The van der Waals surface area contributed by atoms with Crippen LogP contribution in [0.1, 0.15) is 31.1 Å². The van der Waals surface area contributed by atoms with Gasteiger partial charge in [0.1, 0.15) is 0 Å². The zero-order valence-corrected chi connectivity index (χ0v) is 14.8. The first-order chi connectivity index (χ1) is 10.0. The van der Waals surface area contributed by atoms with Crippen molar-refractivity contribution in [3.8, 4) is 0 Å². The standard InChI is InChI=1S/C14H22N2O4S2/c1-14(2,3)21(18)10-9-15-13(17)11-7-5-6-8-12(11)16-22(4,19)20/h5-8,16H,9-10H2,1-4H3,(H,15,17)/t21-/m0/s1. The molecule has 0 radical (unpaired) electrons. The second-order valence-electron chi connectivity index (χ2n) is 5.84. The van der Waals surface area contributed by atoms with Crippen molar-refractivity contribution < 1.29 is 17.4 Å². The van der Waals surface area contributed by atoms with Crippen LogP contribution in [0.25, 0.3) is 0 Å². The van der Waals surface area contributed by atoms with Gasteiger partial charge in [-0.05, 0) is 32.9 Å². The zero-order valence-electron chi connectivity index (χ0n) is 13.2. The normalized spacial score (nSPS) is 13.5. The highest BCUT2D eigenvalue weighted by Crippen LogP contribution is 2.16. The van der Waals surface area contributed by atoms with E-state index in [0.717, 1.165) is 6.26 Å². The summed E-state index contributed by atoms with van der Waals surface area (Å²) < 4.78 is 36.5. The maximum Gasteiger partial charge on any atom is 0.253 e. The van der Waals surface area contributed by atoms with Gasteiger partial charge in [-0.2, -0.15) is 0 Å². The summed E-state index contributed by atoms with van der Waals surface area (Å²) >= 11 is 0. The molecule has 0 spiro atoms. The maximum absolute atomic E-state index is 12.1. The lowest BCUT2D eigenvalue weighted by Crippen LogP contribution is -2.33. The lowest BCUT2D eigenvalue weighted by atomic mass is 10.2. The number of rotatable bonds is 6. The van der Waals surface area contributed by atoms with Crippen LogP contribution in [0.3, 0.4) is 0 Å². The maximum atomic E-state index is 12.1. The van der Waals surface area contributed by atoms with Gasteiger partial charge in [-0.1, -0.05) is 12.1 Å². The SMILES string of the molecule is CC(C)(C)[S@@](=O)CCNC(=O)c1ccccc1NS(C)(=O)=O. The Morgan fingerprint density at radius 1 is 1.23 bits per heavy atom. The number of carbonyl (C=O) groups excluding carboxylic acids is 1. The second-order valence-corrected chi connectivity index (χ2v) is 9.91. The minimum atomic E-state index is -3.47. The van der Waals surface area contributed by atoms with Crippen LogP contribution in [0.15, 0.2) is 24.3 Å². The molecule has 8 heteroatoms. The van der Waals surface area contributed by atoms with Gasteiger partial charge in [0.2, 0.25) is 10.0 Å². The van der Waals surface area contributed by atoms with Gasteiger partial charge in [0.05, 0.1) is 17.5 Å². The molecule has 1 aromatic rings. The van der Waals surface area contributed by atoms with Gasteiger partial charge in [-0.15, -0.1) is 0 Å². The highest BCUT2D eigenvalue weighted by Gasteiger charge is 2.19. The van der Waals surface area contributed by atoms with Crippen molar-refractivity contribution in [2.24, 2.45) is 0 Å². The van der Waals surface area contributed by atoms with E-state index in [-0.39, 0.29) is 22.5 Å². The average molecular weight is 346 g/mol. The summed E-state index contributed by atoms with van der Waals surface area (Å²) in [6.45, 7) is 5.87. The molecule has 0 fully saturated rings. The summed E-state index contributed by atoms with van der Waals surface area (Å²) in [6, 6.07) is 6.33. The smallest absolute Gasteiger partial charge is 0.253 e. The molecule has 0 saturated heterocycles. The van der Waals surface area contributed by atoms with E-state index in [1.54, 1.807) is 12.1 Å². The molecule has 22 heavy (non-hydrogen) atoms. The summed E-state index contributed by atoms with van der Waals surface area (Å²) in [5.74, 6) is -0.0608. The van der Waals surface area contributed by atoms with Crippen LogP contribution in [0.5, 0.6) is 0 Å². The molecule has 0 aliphatic heterocycles. The third kappa shape index (κ3) is 6.15. The number of sulfonamides is 1. The molecule has 1 atom stereocenters. The molecule has 1 aromatic carbocycles. The Bertz CT molecular complexity index is 664. The molecular weight excluding hydrogens is 324 g/mol. The number of hydrogen-bond acceptors (Lipinski definition) is 4. The van der Waals surface area contributed by atoms with Crippen LogP contribution in [-0.2, 0) is 20.8 Å². The molecule has 0 saturated carbocycles. The van der Waals surface area contributed by atoms with Crippen molar-refractivity contribution in [2.45, 2.75) is 25.5 Å². The molecule has 1 rings (SSSR count). The molecule has 1 amide bonds. The van der Waals surface area contributed by atoms with Gasteiger partial charge in [-0.25, -0.2) is 8.42 Å². The van der Waals surface area contributed by atoms with Crippen molar-refractivity contribution in [2.75, 3.05) is 23.3 Å². The minimum Gasteiger partial charge on any atom is -0.351 e. The van der Waals surface area contributed by atoms with Crippen LogP contribution in [0.4, 0.5) is 5.69 Å². The van der Waals surface area contributed by atoms with Crippen molar-refractivity contribution in [1.82, 2.24) is 5.32 Å². The molecule has 0 unspecified atom stereocenters. The lowest BCUT2D eigenvalue weighted by molar-refractivity contribution is 0.0957.